The van der Waals surface area contributed by atoms with Crippen LogP contribution in [0.4, 0.5) is 0 Å². The second-order valence-corrected chi connectivity index (χ2v) is 6.89. The first-order valence-electron chi connectivity index (χ1n) is 9.13. The van der Waals surface area contributed by atoms with Gasteiger partial charge in [-0.2, -0.15) is 0 Å². The number of rotatable bonds is 3. The lowest BCUT2D eigenvalue weighted by molar-refractivity contribution is 0.0734. The van der Waals surface area contributed by atoms with Crippen molar-refractivity contribution in [2.45, 2.75) is 20.8 Å². The molecule has 0 unspecified atom stereocenters. The Morgan fingerprint density at radius 2 is 1.50 bits per heavy atom. The monoisotopic (exact) mass is 368 g/mol. The van der Waals surface area contributed by atoms with E-state index in [0.29, 0.717) is 11.3 Å². The highest BCUT2D eigenvalue weighted by atomic mass is 16.5. The van der Waals surface area contributed by atoms with Gasteiger partial charge in [0.2, 0.25) is 0 Å². The maximum absolute atomic E-state index is 12.5. The molecule has 138 valence electrons. The molecule has 0 aliphatic rings. The Morgan fingerprint density at radius 3 is 2.18 bits per heavy atom. The molecule has 0 spiro atoms. The number of aryl methyl sites for hydroxylation is 2. The van der Waals surface area contributed by atoms with Gasteiger partial charge in [0.15, 0.2) is 0 Å². The number of benzene rings is 3. The van der Waals surface area contributed by atoms with Crippen LogP contribution in [0.2, 0.25) is 0 Å². The number of carbonyl (C=O) groups excluding carboxylic acids is 1. The molecule has 4 heteroatoms. The van der Waals surface area contributed by atoms with Crippen LogP contribution in [-0.4, -0.2) is 15.9 Å². The number of nitrogens with zero attached hydrogens (tertiary/aromatic N) is 2. The molecular formula is C24H20N2O2. The van der Waals surface area contributed by atoms with Gasteiger partial charge in [-0.25, -0.2) is 9.78 Å². The summed E-state index contributed by atoms with van der Waals surface area (Å²) in [7, 11) is 0. The average Bonchev–Trinajstić information content (AvgIpc) is 2.71. The van der Waals surface area contributed by atoms with Crippen molar-refractivity contribution in [3.05, 3.63) is 89.1 Å². The molecule has 28 heavy (non-hydrogen) atoms. The van der Waals surface area contributed by atoms with E-state index in [-0.39, 0.29) is 5.97 Å². The molecule has 0 aliphatic heterocycles. The van der Waals surface area contributed by atoms with Gasteiger partial charge in [0.05, 0.1) is 28.5 Å². The van der Waals surface area contributed by atoms with Crippen molar-refractivity contribution < 1.29 is 9.53 Å². The van der Waals surface area contributed by atoms with Crippen LogP contribution in [0.3, 0.4) is 0 Å². The van der Waals surface area contributed by atoms with E-state index in [4.69, 9.17) is 4.74 Å². The van der Waals surface area contributed by atoms with Crippen molar-refractivity contribution in [1.82, 2.24) is 9.97 Å². The summed E-state index contributed by atoms with van der Waals surface area (Å²) in [6.07, 6.45) is 1.75. The molecule has 0 bridgehead atoms. The zero-order chi connectivity index (χ0) is 19.7. The second kappa shape index (κ2) is 7.24. The Hall–Kier alpha value is -3.53. The van der Waals surface area contributed by atoms with E-state index in [2.05, 4.69) is 9.97 Å². The fourth-order valence-corrected chi connectivity index (χ4v) is 3.11. The standard InChI is InChI=1S/C24H20N2O2/c1-15-12-19(13-16(2)17(15)3)24(27)28-20-10-8-18(9-11-20)23-14-25-21-6-4-5-7-22(21)26-23/h4-14H,1-3H3. The minimum absolute atomic E-state index is 0.357. The molecule has 0 N–H and O–H groups in total. The largest absolute Gasteiger partial charge is 0.423 e. The molecule has 0 saturated heterocycles. The summed E-state index contributed by atoms with van der Waals surface area (Å²) in [5, 5.41) is 0. The summed E-state index contributed by atoms with van der Waals surface area (Å²) in [6, 6.07) is 18.8. The topological polar surface area (TPSA) is 52.1 Å². The molecule has 0 saturated carbocycles. The zero-order valence-electron chi connectivity index (χ0n) is 16.1. The number of hydrogen-bond acceptors (Lipinski definition) is 4. The zero-order valence-corrected chi connectivity index (χ0v) is 16.1. The van der Waals surface area contributed by atoms with Crippen molar-refractivity contribution in [2.24, 2.45) is 0 Å². The van der Waals surface area contributed by atoms with Crippen molar-refractivity contribution in [1.29, 1.82) is 0 Å². The highest BCUT2D eigenvalue weighted by Crippen LogP contribution is 2.23. The van der Waals surface area contributed by atoms with Gasteiger partial charge < -0.3 is 4.74 Å². The Bertz CT molecular complexity index is 1160. The number of hydrogen-bond donors (Lipinski definition) is 0. The highest BCUT2D eigenvalue weighted by molar-refractivity contribution is 5.91. The molecule has 0 atom stereocenters. The smallest absolute Gasteiger partial charge is 0.343 e. The Kier molecular flexibility index (Phi) is 4.62. The average molecular weight is 368 g/mol. The van der Waals surface area contributed by atoms with Crippen molar-refractivity contribution in [3.63, 3.8) is 0 Å². The van der Waals surface area contributed by atoms with E-state index in [1.807, 2.05) is 69.3 Å². The maximum atomic E-state index is 12.5. The number of carbonyl (C=O) groups is 1. The van der Waals surface area contributed by atoms with E-state index >= 15 is 0 Å². The Labute approximate surface area is 163 Å². The third kappa shape index (κ3) is 3.49. The lowest BCUT2D eigenvalue weighted by atomic mass is 10.0. The molecule has 3 aromatic carbocycles. The molecule has 4 aromatic rings. The fourth-order valence-electron chi connectivity index (χ4n) is 3.11. The van der Waals surface area contributed by atoms with Crippen LogP contribution in [0.15, 0.2) is 66.9 Å². The van der Waals surface area contributed by atoms with E-state index in [9.17, 15) is 4.79 Å². The lowest BCUT2D eigenvalue weighted by Crippen LogP contribution is -2.09. The number of esters is 1. The van der Waals surface area contributed by atoms with Gasteiger partial charge in [0, 0.05) is 5.56 Å². The number of fused-ring (bicyclic) bond motifs is 1. The molecule has 4 rings (SSSR count). The van der Waals surface area contributed by atoms with Gasteiger partial charge in [-0.3, -0.25) is 4.98 Å². The first kappa shape index (κ1) is 17.9. The SMILES string of the molecule is Cc1cc(C(=O)Oc2ccc(-c3cnc4ccccc4n3)cc2)cc(C)c1C. The van der Waals surface area contributed by atoms with Crippen LogP contribution >= 0.6 is 0 Å². The molecule has 1 heterocycles. The first-order chi connectivity index (χ1) is 13.5. The van der Waals surface area contributed by atoms with E-state index in [1.54, 1.807) is 18.3 Å². The first-order valence-corrected chi connectivity index (χ1v) is 9.13. The molecule has 0 fully saturated rings. The van der Waals surface area contributed by atoms with Crippen LogP contribution in [0.5, 0.6) is 5.75 Å². The summed E-state index contributed by atoms with van der Waals surface area (Å²) in [5.74, 6) is 0.142. The predicted molar refractivity (Wildman–Crippen MR) is 111 cm³/mol. The molecule has 0 amide bonds. The molecule has 1 aromatic heterocycles. The number of ether oxygens (including phenoxy) is 1. The lowest BCUT2D eigenvalue weighted by Gasteiger charge is -2.09. The quantitative estimate of drug-likeness (QED) is 0.357. The predicted octanol–water partition coefficient (Wildman–Crippen LogP) is 5.44. The van der Waals surface area contributed by atoms with Gasteiger partial charge in [0.25, 0.3) is 0 Å². The van der Waals surface area contributed by atoms with Gasteiger partial charge >= 0.3 is 5.97 Å². The summed E-state index contributed by atoms with van der Waals surface area (Å²) in [4.78, 5) is 21.6. The minimum Gasteiger partial charge on any atom is -0.423 e. The summed E-state index contributed by atoms with van der Waals surface area (Å²) < 4.78 is 5.54. The van der Waals surface area contributed by atoms with Crippen molar-refractivity contribution in [2.75, 3.05) is 0 Å². The molecule has 0 radical (unpaired) electrons. The highest BCUT2D eigenvalue weighted by Gasteiger charge is 2.12. The van der Waals surface area contributed by atoms with E-state index in [0.717, 1.165) is 33.4 Å². The summed E-state index contributed by atoms with van der Waals surface area (Å²) in [5.41, 5.74) is 7.32. The minimum atomic E-state index is -0.357. The van der Waals surface area contributed by atoms with Gasteiger partial charge in [-0.15, -0.1) is 0 Å². The van der Waals surface area contributed by atoms with Crippen LogP contribution in [0.25, 0.3) is 22.3 Å². The number of para-hydroxylation sites is 2. The van der Waals surface area contributed by atoms with Crippen LogP contribution in [0, 0.1) is 20.8 Å². The summed E-state index contributed by atoms with van der Waals surface area (Å²) in [6.45, 7) is 6.05. The van der Waals surface area contributed by atoms with Gasteiger partial charge in [-0.1, -0.05) is 12.1 Å². The third-order valence-corrected chi connectivity index (χ3v) is 4.97. The van der Waals surface area contributed by atoms with Crippen molar-refractivity contribution in [3.8, 4) is 17.0 Å². The summed E-state index contributed by atoms with van der Waals surface area (Å²) >= 11 is 0. The Balaban J connectivity index is 1.55. The van der Waals surface area contributed by atoms with E-state index < -0.39 is 0 Å². The Morgan fingerprint density at radius 1 is 0.857 bits per heavy atom. The molecule has 4 nitrogen and oxygen atoms in total. The fraction of sp³-hybridized carbons (Fsp3) is 0.125. The normalized spacial score (nSPS) is 10.8. The number of aromatic nitrogens is 2. The third-order valence-electron chi connectivity index (χ3n) is 4.97. The van der Waals surface area contributed by atoms with Crippen LogP contribution < -0.4 is 4.74 Å². The van der Waals surface area contributed by atoms with Crippen LogP contribution in [0.1, 0.15) is 27.0 Å². The van der Waals surface area contributed by atoms with Crippen molar-refractivity contribution >= 4 is 17.0 Å². The maximum Gasteiger partial charge on any atom is 0.343 e. The van der Waals surface area contributed by atoms with E-state index in [1.165, 1.54) is 5.56 Å². The second-order valence-electron chi connectivity index (χ2n) is 6.89. The van der Waals surface area contributed by atoms with Gasteiger partial charge in [-0.05, 0) is 86.0 Å². The van der Waals surface area contributed by atoms with Crippen LogP contribution in [-0.2, 0) is 0 Å². The molecule has 0 aliphatic carbocycles. The molecular weight excluding hydrogens is 348 g/mol. The van der Waals surface area contributed by atoms with Gasteiger partial charge in [0.1, 0.15) is 5.75 Å².